The molecule has 0 amide bonds. The Morgan fingerprint density at radius 1 is 1.16 bits per heavy atom. The average molecular weight is 338 g/mol. The van der Waals surface area contributed by atoms with E-state index in [1.807, 2.05) is 18.3 Å². The van der Waals surface area contributed by atoms with Gasteiger partial charge in [0.05, 0.1) is 12.8 Å². The highest BCUT2D eigenvalue weighted by Crippen LogP contribution is 2.31. The zero-order valence-electron chi connectivity index (χ0n) is 14.5. The van der Waals surface area contributed by atoms with Crippen molar-refractivity contribution in [2.45, 2.75) is 0 Å². The summed E-state index contributed by atoms with van der Waals surface area (Å²) >= 11 is 0. The summed E-state index contributed by atoms with van der Waals surface area (Å²) in [5.41, 5.74) is 2.84. The van der Waals surface area contributed by atoms with E-state index < -0.39 is 0 Å². The molecule has 0 bridgehead atoms. The van der Waals surface area contributed by atoms with Crippen molar-refractivity contribution in [2.75, 3.05) is 50.6 Å². The second-order valence-corrected chi connectivity index (χ2v) is 6.28. The van der Waals surface area contributed by atoms with Gasteiger partial charge in [0.1, 0.15) is 11.4 Å². The molecule has 1 aliphatic heterocycles. The monoisotopic (exact) mass is 338 g/mol. The fourth-order valence-electron chi connectivity index (χ4n) is 3.06. The summed E-state index contributed by atoms with van der Waals surface area (Å²) in [5.74, 6) is 1.33. The number of aromatic amines is 1. The molecule has 3 aromatic rings. The minimum absolute atomic E-state index is 0.542. The lowest BCUT2D eigenvalue weighted by atomic mass is 10.2. The Hall–Kier alpha value is -2.80. The van der Waals surface area contributed by atoms with Crippen LogP contribution in [0.5, 0.6) is 5.75 Å². The molecule has 25 heavy (non-hydrogen) atoms. The highest BCUT2D eigenvalue weighted by Gasteiger charge is 2.16. The van der Waals surface area contributed by atoms with Gasteiger partial charge in [-0.25, -0.2) is 4.98 Å². The predicted molar refractivity (Wildman–Crippen MR) is 99.9 cm³/mol. The molecule has 0 radical (unpaired) electrons. The predicted octanol–water partition coefficient (Wildman–Crippen LogP) is 2.46. The van der Waals surface area contributed by atoms with Crippen molar-refractivity contribution in [3.05, 3.63) is 36.7 Å². The van der Waals surface area contributed by atoms with Crippen molar-refractivity contribution in [1.29, 1.82) is 0 Å². The molecule has 1 aromatic carbocycles. The molecule has 1 fully saturated rings. The molecule has 0 spiro atoms. The number of hydrogen-bond donors (Lipinski definition) is 2. The maximum atomic E-state index is 5.58. The Labute approximate surface area is 146 Å². The first-order chi connectivity index (χ1) is 12.2. The van der Waals surface area contributed by atoms with Gasteiger partial charge in [-0.2, -0.15) is 4.98 Å². The van der Waals surface area contributed by atoms with Crippen molar-refractivity contribution in [2.24, 2.45) is 0 Å². The number of nitrogens with one attached hydrogen (secondary N) is 2. The Kier molecular flexibility index (Phi) is 4.15. The van der Waals surface area contributed by atoms with Crippen LogP contribution in [0.25, 0.3) is 11.0 Å². The third kappa shape index (κ3) is 3.23. The molecule has 1 saturated heterocycles. The maximum Gasteiger partial charge on any atom is 0.229 e. The van der Waals surface area contributed by atoms with Gasteiger partial charge in [-0.3, -0.25) is 0 Å². The van der Waals surface area contributed by atoms with E-state index >= 15 is 0 Å². The minimum atomic E-state index is 0.542. The number of anilines is 3. The van der Waals surface area contributed by atoms with Gasteiger partial charge in [0.25, 0.3) is 0 Å². The van der Waals surface area contributed by atoms with E-state index in [9.17, 15) is 0 Å². The van der Waals surface area contributed by atoms with Gasteiger partial charge in [0.15, 0.2) is 0 Å². The van der Waals surface area contributed by atoms with E-state index in [0.717, 1.165) is 48.6 Å². The number of likely N-dealkylation sites (N-methyl/N-ethyl adjacent to an activating group) is 1. The Balaban J connectivity index is 1.56. The molecule has 0 aliphatic carbocycles. The number of nitrogens with zero attached hydrogens (tertiary/aromatic N) is 4. The van der Waals surface area contributed by atoms with Gasteiger partial charge < -0.3 is 24.8 Å². The number of piperazine rings is 1. The highest BCUT2D eigenvalue weighted by atomic mass is 16.5. The van der Waals surface area contributed by atoms with Gasteiger partial charge in [-0.15, -0.1) is 0 Å². The second-order valence-electron chi connectivity index (χ2n) is 6.28. The standard InChI is InChI=1S/C18H22N6O/c1-23-7-9-24(10-8-23)14-3-4-15(16(11-14)25-2)21-18-20-12-13-5-6-19-17(13)22-18/h3-6,11-12H,7-10H2,1-2H3,(H2,19,20,21,22). The van der Waals surface area contributed by atoms with Crippen LogP contribution in [0.1, 0.15) is 0 Å². The normalized spacial score (nSPS) is 15.5. The summed E-state index contributed by atoms with van der Waals surface area (Å²) in [6, 6.07) is 8.16. The first kappa shape index (κ1) is 15.7. The Bertz CT molecular complexity index is 869. The van der Waals surface area contributed by atoms with Crippen LogP contribution >= 0.6 is 0 Å². The molecule has 0 unspecified atom stereocenters. The zero-order chi connectivity index (χ0) is 17.2. The number of aromatic nitrogens is 3. The van der Waals surface area contributed by atoms with E-state index in [1.54, 1.807) is 13.3 Å². The molecule has 0 saturated carbocycles. The van der Waals surface area contributed by atoms with E-state index in [0.29, 0.717) is 5.95 Å². The molecule has 1 aliphatic rings. The number of hydrogen-bond acceptors (Lipinski definition) is 6. The fraction of sp³-hybridized carbons (Fsp3) is 0.333. The second kappa shape index (κ2) is 6.60. The highest BCUT2D eigenvalue weighted by molar-refractivity contribution is 5.76. The topological polar surface area (TPSA) is 69.3 Å². The number of methoxy groups -OCH3 is 1. The van der Waals surface area contributed by atoms with Crippen molar-refractivity contribution in [1.82, 2.24) is 19.9 Å². The molecule has 7 heteroatoms. The lowest BCUT2D eigenvalue weighted by molar-refractivity contribution is 0.312. The first-order valence-corrected chi connectivity index (χ1v) is 8.41. The van der Waals surface area contributed by atoms with Gasteiger partial charge in [0.2, 0.25) is 5.95 Å². The summed E-state index contributed by atoms with van der Waals surface area (Å²) in [4.78, 5) is 16.7. The average Bonchev–Trinajstić information content (AvgIpc) is 3.10. The van der Waals surface area contributed by atoms with Crippen LogP contribution in [0.15, 0.2) is 36.7 Å². The van der Waals surface area contributed by atoms with Crippen LogP contribution in [-0.4, -0.2) is 60.2 Å². The first-order valence-electron chi connectivity index (χ1n) is 8.41. The van der Waals surface area contributed by atoms with Crippen molar-refractivity contribution >= 4 is 28.4 Å². The van der Waals surface area contributed by atoms with E-state index in [4.69, 9.17) is 4.74 Å². The molecule has 130 valence electrons. The number of fused-ring (bicyclic) bond motifs is 1. The summed E-state index contributed by atoms with van der Waals surface area (Å²) in [6.07, 6.45) is 3.65. The van der Waals surface area contributed by atoms with Crippen LogP contribution in [0.2, 0.25) is 0 Å². The Morgan fingerprint density at radius 2 is 2.00 bits per heavy atom. The summed E-state index contributed by atoms with van der Waals surface area (Å²) in [7, 11) is 3.84. The van der Waals surface area contributed by atoms with Crippen LogP contribution in [0, 0.1) is 0 Å². The number of rotatable bonds is 4. The SMILES string of the molecule is COc1cc(N2CCN(C)CC2)ccc1Nc1ncc2cc[nH]c2n1. The lowest BCUT2D eigenvalue weighted by Crippen LogP contribution is -2.44. The van der Waals surface area contributed by atoms with E-state index in [1.165, 1.54) is 5.69 Å². The van der Waals surface area contributed by atoms with E-state index in [2.05, 4.69) is 49.2 Å². The molecule has 4 rings (SSSR count). The summed E-state index contributed by atoms with van der Waals surface area (Å²) in [6.45, 7) is 4.21. The van der Waals surface area contributed by atoms with Crippen LogP contribution in [-0.2, 0) is 0 Å². The number of ether oxygens (including phenoxy) is 1. The van der Waals surface area contributed by atoms with Crippen molar-refractivity contribution < 1.29 is 4.74 Å². The largest absolute Gasteiger partial charge is 0.494 e. The smallest absolute Gasteiger partial charge is 0.229 e. The van der Waals surface area contributed by atoms with Gasteiger partial charge >= 0.3 is 0 Å². The van der Waals surface area contributed by atoms with Gasteiger partial charge in [-0.1, -0.05) is 0 Å². The fourth-order valence-corrected chi connectivity index (χ4v) is 3.06. The molecule has 7 nitrogen and oxygen atoms in total. The quantitative estimate of drug-likeness (QED) is 0.762. The molecule has 0 atom stereocenters. The number of benzene rings is 1. The van der Waals surface area contributed by atoms with Crippen LogP contribution in [0.4, 0.5) is 17.3 Å². The maximum absolute atomic E-state index is 5.58. The molecular formula is C18H22N6O. The van der Waals surface area contributed by atoms with Crippen molar-refractivity contribution in [3.8, 4) is 5.75 Å². The van der Waals surface area contributed by atoms with Crippen LogP contribution < -0.4 is 15.0 Å². The van der Waals surface area contributed by atoms with Crippen molar-refractivity contribution in [3.63, 3.8) is 0 Å². The zero-order valence-corrected chi connectivity index (χ0v) is 14.5. The van der Waals surface area contributed by atoms with Crippen LogP contribution in [0.3, 0.4) is 0 Å². The summed E-state index contributed by atoms with van der Waals surface area (Å²) in [5, 5.41) is 4.24. The van der Waals surface area contributed by atoms with E-state index in [-0.39, 0.29) is 0 Å². The molecular weight excluding hydrogens is 316 g/mol. The Morgan fingerprint density at radius 3 is 2.80 bits per heavy atom. The van der Waals surface area contributed by atoms with Gasteiger partial charge in [0, 0.05) is 55.7 Å². The lowest BCUT2D eigenvalue weighted by Gasteiger charge is -2.34. The molecule has 3 heterocycles. The minimum Gasteiger partial charge on any atom is -0.494 e. The summed E-state index contributed by atoms with van der Waals surface area (Å²) < 4.78 is 5.58. The number of H-pyrrole nitrogens is 1. The molecule has 2 aromatic heterocycles. The third-order valence-corrected chi connectivity index (χ3v) is 4.60. The third-order valence-electron chi connectivity index (χ3n) is 4.60. The van der Waals surface area contributed by atoms with Gasteiger partial charge in [-0.05, 0) is 25.2 Å². The molecule has 2 N–H and O–H groups in total.